The van der Waals surface area contributed by atoms with Gasteiger partial charge in [0, 0.05) is 52.1 Å². The zero-order chi connectivity index (χ0) is 18.9. The number of aliphatic imine (C=N–C) groups is 1. The molecule has 0 amide bonds. The second kappa shape index (κ2) is 12.5. The number of guanidine groups is 1. The van der Waals surface area contributed by atoms with Crippen LogP contribution in [0.25, 0.3) is 0 Å². The maximum Gasteiger partial charge on any atom is 0.193 e. The molecule has 8 nitrogen and oxygen atoms in total. The lowest BCUT2D eigenvalue weighted by atomic mass is 10.1. The van der Waals surface area contributed by atoms with E-state index in [0.29, 0.717) is 6.61 Å². The number of hydrogen-bond donors (Lipinski definition) is 1. The van der Waals surface area contributed by atoms with Crippen LogP contribution in [-0.4, -0.2) is 92.2 Å². The predicted octanol–water partition coefficient (Wildman–Crippen LogP) is 1.34. The quantitative estimate of drug-likeness (QED) is 0.335. The Bertz CT molecular complexity index is 566. The molecule has 2 atom stereocenters. The summed E-state index contributed by atoms with van der Waals surface area (Å²) in [6.45, 7) is 6.79. The van der Waals surface area contributed by atoms with E-state index in [1.807, 2.05) is 38.1 Å². The maximum absolute atomic E-state index is 5.92. The molecule has 1 fully saturated rings. The number of nitrogens with zero attached hydrogens (tertiary/aromatic N) is 5. The monoisotopic (exact) mass is 494 g/mol. The van der Waals surface area contributed by atoms with Crippen molar-refractivity contribution < 1.29 is 9.47 Å². The first-order valence-corrected chi connectivity index (χ1v) is 9.35. The molecule has 1 aromatic rings. The molecule has 0 spiro atoms. The molecule has 1 aromatic heterocycles. The largest absolute Gasteiger partial charge is 0.377 e. The van der Waals surface area contributed by atoms with E-state index in [4.69, 9.17) is 9.47 Å². The molecule has 1 saturated heterocycles. The molecule has 2 heterocycles. The molecule has 0 saturated carbocycles. The van der Waals surface area contributed by atoms with E-state index >= 15 is 0 Å². The Balaban J connectivity index is 0.00000364. The molecular formula is C18H35IN6O2. The van der Waals surface area contributed by atoms with Crippen LogP contribution in [0.4, 0.5) is 0 Å². The molecule has 0 aliphatic carbocycles. The van der Waals surface area contributed by atoms with Crippen molar-refractivity contribution in [3.8, 4) is 0 Å². The first-order valence-electron chi connectivity index (χ1n) is 9.35. The fraction of sp³-hybridized carbons (Fsp3) is 0.778. The van der Waals surface area contributed by atoms with Crippen LogP contribution in [0, 0.1) is 0 Å². The molecule has 2 rings (SSSR count). The lowest BCUT2D eigenvalue weighted by molar-refractivity contribution is -0.00855. The molecule has 1 aliphatic heterocycles. The highest BCUT2D eigenvalue weighted by Gasteiger charge is 2.25. The van der Waals surface area contributed by atoms with Crippen LogP contribution < -0.4 is 5.32 Å². The average Bonchev–Trinajstić information content (AvgIpc) is 3.06. The molecule has 9 heteroatoms. The van der Waals surface area contributed by atoms with Gasteiger partial charge in [0.2, 0.25) is 0 Å². The van der Waals surface area contributed by atoms with Gasteiger partial charge in [0.15, 0.2) is 5.96 Å². The third kappa shape index (κ3) is 7.92. The number of aryl methyl sites for hydroxylation is 1. The molecule has 0 aromatic carbocycles. The van der Waals surface area contributed by atoms with Crippen LogP contribution in [0.1, 0.15) is 25.0 Å². The Kier molecular flexibility index (Phi) is 11.2. The Morgan fingerprint density at radius 2 is 2.30 bits per heavy atom. The zero-order valence-electron chi connectivity index (χ0n) is 17.2. The van der Waals surface area contributed by atoms with Crippen molar-refractivity contribution in [2.45, 2.75) is 25.6 Å². The highest BCUT2D eigenvalue weighted by Crippen LogP contribution is 2.21. The van der Waals surface area contributed by atoms with Gasteiger partial charge in [0.05, 0.1) is 25.5 Å². The molecule has 27 heavy (non-hydrogen) atoms. The molecule has 1 N–H and O–H groups in total. The lowest BCUT2D eigenvalue weighted by Crippen LogP contribution is -2.50. The summed E-state index contributed by atoms with van der Waals surface area (Å²) in [5.74, 6) is 0.900. The van der Waals surface area contributed by atoms with Crippen molar-refractivity contribution in [3.63, 3.8) is 0 Å². The molecule has 156 valence electrons. The minimum absolute atomic E-state index is 0. The predicted molar refractivity (Wildman–Crippen MR) is 119 cm³/mol. The summed E-state index contributed by atoms with van der Waals surface area (Å²) in [4.78, 5) is 8.89. The van der Waals surface area contributed by atoms with Gasteiger partial charge in [-0.2, -0.15) is 5.10 Å². The second-order valence-corrected chi connectivity index (χ2v) is 6.85. The Morgan fingerprint density at radius 3 is 2.89 bits per heavy atom. The fourth-order valence-electron chi connectivity index (χ4n) is 3.07. The number of hydrogen-bond acceptors (Lipinski definition) is 5. The van der Waals surface area contributed by atoms with Crippen molar-refractivity contribution in [2.24, 2.45) is 12.0 Å². The third-order valence-corrected chi connectivity index (χ3v) is 4.46. The van der Waals surface area contributed by atoms with E-state index in [0.717, 1.165) is 50.7 Å². The van der Waals surface area contributed by atoms with Crippen LogP contribution >= 0.6 is 24.0 Å². The van der Waals surface area contributed by atoms with Gasteiger partial charge in [-0.25, -0.2) is 0 Å². The topological polar surface area (TPSA) is 67.2 Å². The van der Waals surface area contributed by atoms with Crippen LogP contribution in [0.2, 0.25) is 0 Å². The fourth-order valence-corrected chi connectivity index (χ4v) is 3.07. The number of halogens is 1. The third-order valence-electron chi connectivity index (χ3n) is 4.46. The van der Waals surface area contributed by atoms with Gasteiger partial charge < -0.3 is 24.6 Å². The van der Waals surface area contributed by atoms with Crippen molar-refractivity contribution in [2.75, 3.05) is 60.5 Å². The minimum atomic E-state index is 0. The van der Waals surface area contributed by atoms with Crippen molar-refractivity contribution >= 4 is 29.9 Å². The lowest BCUT2D eigenvalue weighted by Gasteiger charge is -2.35. The average molecular weight is 494 g/mol. The second-order valence-electron chi connectivity index (χ2n) is 6.85. The van der Waals surface area contributed by atoms with Gasteiger partial charge in [0.1, 0.15) is 6.10 Å². The number of morpholine rings is 1. The van der Waals surface area contributed by atoms with Gasteiger partial charge in [-0.15, -0.1) is 24.0 Å². The van der Waals surface area contributed by atoms with E-state index in [1.165, 1.54) is 0 Å². The number of ether oxygens (including phenoxy) is 2. The number of aromatic nitrogens is 2. The summed E-state index contributed by atoms with van der Waals surface area (Å²) < 4.78 is 13.6. The van der Waals surface area contributed by atoms with Gasteiger partial charge in [0.25, 0.3) is 0 Å². The molecular weight excluding hydrogens is 459 g/mol. The molecule has 2 unspecified atom stereocenters. The maximum atomic E-state index is 5.92. The standard InChI is InChI=1S/C18H34N6O2.HI/c1-6-25-16(7-8-22(3)4)12-20-18(19-2)24-9-10-26-17(14-24)15-11-21-23(5)13-15;/h11,13,16-17H,6-10,12,14H2,1-5H3,(H,19,20);1H. The van der Waals surface area contributed by atoms with Gasteiger partial charge in [-0.1, -0.05) is 0 Å². The van der Waals surface area contributed by atoms with E-state index in [1.54, 1.807) is 0 Å². The summed E-state index contributed by atoms with van der Waals surface area (Å²) in [7, 11) is 7.92. The Morgan fingerprint density at radius 1 is 1.52 bits per heavy atom. The highest BCUT2D eigenvalue weighted by atomic mass is 127. The summed E-state index contributed by atoms with van der Waals surface area (Å²) in [5.41, 5.74) is 1.10. The highest BCUT2D eigenvalue weighted by molar-refractivity contribution is 14.0. The van der Waals surface area contributed by atoms with Crippen molar-refractivity contribution in [1.29, 1.82) is 0 Å². The molecule has 0 bridgehead atoms. The van der Waals surface area contributed by atoms with E-state index in [-0.39, 0.29) is 36.2 Å². The smallest absolute Gasteiger partial charge is 0.193 e. The van der Waals surface area contributed by atoms with Crippen molar-refractivity contribution in [3.05, 3.63) is 18.0 Å². The summed E-state index contributed by atoms with van der Waals surface area (Å²) in [6.07, 6.45) is 5.07. The molecule has 0 radical (unpaired) electrons. The van der Waals surface area contributed by atoms with E-state index < -0.39 is 0 Å². The van der Waals surface area contributed by atoms with Crippen molar-refractivity contribution in [1.82, 2.24) is 24.9 Å². The van der Waals surface area contributed by atoms with Crippen LogP contribution in [0.15, 0.2) is 17.4 Å². The first kappa shape index (κ1) is 24.1. The van der Waals surface area contributed by atoms with Gasteiger partial charge in [-0.3, -0.25) is 9.67 Å². The zero-order valence-corrected chi connectivity index (χ0v) is 19.6. The van der Waals surface area contributed by atoms with Crippen LogP contribution in [0.5, 0.6) is 0 Å². The van der Waals surface area contributed by atoms with E-state index in [9.17, 15) is 0 Å². The number of nitrogens with one attached hydrogen (secondary N) is 1. The normalized spacial score (nSPS) is 19.1. The summed E-state index contributed by atoms with van der Waals surface area (Å²) in [5, 5.41) is 7.73. The van der Waals surface area contributed by atoms with Crippen LogP contribution in [0.3, 0.4) is 0 Å². The Hall–Kier alpha value is -0.910. The van der Waals surface area contributed by atoms with Gasteiger partial charge in [-0.05, 0) is 27.4 Å². The SMILES string of the molecule is CCOC(CCN(C)C)CNC(=NC)N1CCOC(c2cnn(C)c2)C1.I. The van der Waals surface area contributed by atoms with Crippen LogP contribution in [-0.2, 0) is 16.5 Å². The minimum Gasteiger partial charge on any atom is -0.377 e. The number of rotatable bonds is 8. The van der Waals surface area contributed by atoms with Gasteiger partial charge >= 0.3 is 0 Å². The summed E-state index contributed by atoms with van der Waals surface area (Å²) >= 11 is 0. The molecule has 1 aliphatic rings. The first-order chi connectivity index (χ1) is 12.5. The summed E-state index contributed by atoms with van der Waals surface area (Å²) in [6, 6.07) is 0. The Labute approximate surface area is 180 Å². The van der Waals surface area contributed by atoms with E-state index in [2.05, 4.69) is 39.3 Å².